The second kappa shape index (κ2) is 5.11. The summed E-state index contributed by atoms with van der Waals surface area (Å²) in [6, 6.07) is 0. The average molecular weight is 154 g/mol. The van der Waals surface area contributed by atoms with E-state index in [1.54, 1.807) is 0 Å². The van der Waals surface area contributed by atoms with Gasteiger partial charge in [-0.3, -0.25) is 4.79 Å². The van der Waals surface area contributed by atoms with Crippen LogP contribution in [-0.2, 0) is 4.79 Å². The van der Waals surface area contributed by atoms with Crippen LogP contribution >= 0.6 is 0 Å². The highest BCUT2D eigenvalue weighted by Crippen LogP contribution is 2.12. The van der Waals surface area contributed by atoms with Crippen LogP contribution in [-0.4, -0.2) is 5.78 Å². The summed E-state index contributed by atoms with van der Waals surface area (Å²) in [5, 5.41) is 0. The molecule has 0 rings (SSSR count). The van der Waals surface area contributed by atoms with Crippen LogP contribution in [0.4, 0.5) is 0 Å². The highest BCUT2D eigenvalue weighted by atomic mass is 16.1. The summed E-state index contributed by atoms with van der Waals surface area (Å²) in [4.78, 5) is 11.5. The second-order valence-electron chi connectivity index (χ2n) is 2.84. The number of carbonyl (C=O) groups excluding carboxylic acids is 1. The van der Waals surface area contributed by atoms with Crippen LogP contribution < -0.4 is 0 Å². The number of allylic oxidation sites excluding steroid dienone is 2. The van der Waals surface area contributed by atoms with Crippen LogP contribution in [0.1, 0.15) is 40.5 Å². The predicted octanol–water partition coefficient (Wildman–Crippen LogP) is 2.96. The van der Waals surface area contributed by atoms with Crippen LogP contribution in [0, 0.1) is 5.92 Å². The van der Waals surface area contributed by atoms with Gasteiger partial charge in [-0.05, 0) is 25.3 Å². The maximum absolute atomic E-state index is 11.5. The van der Waals surface area contributed by atoms with Gasteiger partial charge in [0.1, 0.15) is 0 Å². The van der Waals surface area contributed by atoms with Crippen LogP contribution in [0.5, 0.6) is 0 Å². The third-order valence-corrected chi connectivity index (χ3v) is 2.11. The number of Topliss-reactive ketones (excluding diaryl/α,β-unsaturated/α-hetero) is 1. The van der Waals surface area contributed by atoms with Gasteiger partial charge < -0.3 is 0 Å². The van der Waals surface area contributed by atoms with E-state index >= 15 is 0 Å². The van der Waals surface area contributed by atoms with Gasteiger partial charge in [0.05, 0.1) is 0 Å². The van der Waals surface area contributed by atoms with Crippen molar-refractivity contribution >= 4 is 5.78 Å². The maximum Gasteiger partial charge on any atom is 0.161 e. The Morgan fingerprint density at radius 2 is 2.00 bits per heavy atom. The first-order valence-electron chi connectivity index (χ1n) is 4.36. The molecule has 0 amide bonds. The summed E-state index contributed by atoms with van der Waals surface area (Å²) in [5.74, 6) is 0.513. The molecule has 0 aliphatic heterocycles. The molecule has 0 spiro atoms. The van der Waals surface area contributed by atoms with E-state index in [0.29, 0.717) is 5.78 Å². The molecule has 0 aliphatic carbocycles. The molecule has 0 aromatic carbocycles. The Balaban J connectivity index is 4.22. The number of hydrogen-bond acceptors (Lipinski definition) is 1. The Bertz CT molecular complexity index is 156. The van der Waals surface area contributed by atoms with Gasteiger partial charge in [0.25, 0.3) is 0 Å². The van der Waals surface area contributed by atoms with Gasteiger partial charge in [0.15, 0.2) is 5.78 Å². The molecule has 1 nitrogen and oxygen atoms in total. The lowest BCUT2D eigenvalue weighted by Crippen LogP contribution is -2.11. The highest BCUT2D eigenvalue weighted by Gasteiger charge is 2.12. The molecule has 0 saturated carbocycles. The molecule has 0 fully saturated rings. The van der Waals surface area contributed by atoms with Crippen molar-refractivity contribution in [3.63, 3.8) is 0 Å². The quantitative estimate of drug-likeness (QED) is 0.569. The van der Waals surface area contributed by atoms with E-state index in [0.717, 1.165) is 18.4 Å². The van der Waals surface area contributed by atoms with Gasteiger partial charge in [0.2, 0.25) is 0 Å². The van der Waals surface area contributed by atoms with E-state index in [1.165, 1.54) is 0 Å². The third-order valence-electron chi connectivity index (χ3n) is 2.11. The summed E-state index contributed by atoms with van der Waals surface area (Å²) in [6.07, 6.45) is 3.73. The maximum atomic E-state index is 11.5. The van der Waals surface area contributed by atoms with E-state index in [1.807, 2.05) is 33.8 Å². The minimum Gasteiger partial charge on any atom is -0.294 e. The zero-order chi connectivity index (χ0) is 8.85. The fourth-order valence-corrected chi connectivity index (χ4v) is 1.02. The number of carbonyl (C=O) groups is 1. The SMILES string of the molecule is C/C=C(/CC)C(=O)C(C)CC. The molecule has 0 heterocycles. The summed E-state index contributed by atoms with van der Waals surface area (Å²) in [5.41, 5.74) is 0.972. The molecular formula is C10H18O. The summed E-state index contributed by atoms with van der Waals surface area (Å²) in [7, 11) is 0. The van der Waals surface area contributed by atoms with Crippen molar-refractivity contribution in [3.05, 3.63) is 11.6 Å². The Morgan fingerprint density at radius 3 is 2.27 bits per heavy atom. The van der Waals surface area contributed by atoms with Gasteiger partial charge >= 0.3 is 0 Å². The molecule has 0 radical (unpaired) electrons. The van der Waals surface area contributed by atoms with Gasteiger partial charge in [-0.2, -0.15) is 0 Å². The lowest BCUT2D eigenvalue weighted by Gasteiger charge is -2.08. The lowest BCUT2D eigenvalue weighted by atomic mass is 9.95. The van der Waals surface area contributed by atoms with Crippen molar-refractivity contribution in [1.29, 1.82) is 0 Å². The Kier molecular flexibility index (Phi) is 4.84. The Labute approximate surface area is 69.5 Å². The molecule has 0 aromatic rings. The summed E-state index contributed by atoms with van der Waals surface area (Å²) < 4.78 is 0. The van der Waals surface area contributed by atoms with Crippen molar-refractivity contribution in [1.82, 2.24) is 0 Å². The Morgan fingerprint density at radius 1 is 1.45 bits per heavy atom. The van der Waals surface area contributed by atoms with Crippen LogP contribution in [0.15, 0.2) is 11.6 Å². The first-order chi connectivity index (χ1) is 5.17. The van der Waals surface area contributed by atoms with Crippen molar-refractivity contribution < 1.29 is 4.79 Å². The molecule has 11 heavy (non-hydrogen) atoms. The fourth-order valence-electron chi connectivity index (χ4n) is 1.02. The lowest BCUT2D eigenvalue weighted by molar-refractivity contribution is -0.118. The molecule has 0 aliphatic rings. The normalized spacial score (nSPS) is 14.7. The Hall–Kier alpha value is -0.590. The number of hydrogen-bond donors (Lipinski definition) is 0. The van der Waals surface area contributed by atoms with Gasteiger partial charge in [-0.15, -0.1) is 0 Å². The minimum atomic E-state index is 0.196. The van der Waals surface area contributed by atoms with Crippen LogP contribution in [0.2, 0.25) is 0 Å². The molecule has 0 saturated heterocycles. The molecule has 1 heteroatoms. The molecule has 64 valence electrons. The largest absolute Gasteiger partial charge is 0.294 e. The smallest absolute Gasteiger partial charge is 0.161 e. The summed E-state index contributed by atoms with van der Waals surface area (Å²) >= 11 is 0. The van der Waals surface area contributed by atoms with E-state index in [4.69, 9.17) is 0 Å². The minimum absolute atomic E-state index is 0.196. The zero-order valence-corrected chi connectivity index (χ0v) is 7.98. The second-order valence-corrected chi connectivity index (χ2v) is 2.84. The molecule has 0 N–H and O–H groups in total. The summed E-state index contributed by atoms with van der Waals surface area (Å²) in [6.45, 7) is 7.99. The van der Waals surface area contributed by atoms with E-state index in [2.05, 4.69) is 0 Å². The highest BCUT2D eigenvalue weighted by molar-refractivity contribution is 5.96. The topological polar surface area (TPSA) is 17.1 Å². The molecule has 1 unspecified atom stereocenters. The fraction of sp³-hybridized carbons (Fsp3) is 0.700. The van der Waals surface area contributed by atoms with Crippen molar-refractivity contribution in [2.24, 2.45) is 5.92 Å². The van der Waals surface area contributed by atoms with E-state index < -0.39 is 0 Å². The van der Waals surface area contributed by atoms with Crippen molar-refractivity contribution in [2.75, 3.05) is 0 Å². The monoisotopic (exact) mass is 154 g/mol. The average Bonchev–Trinajstić information content (AvgIpc) is 2.05. The molecule has 0 aromatic heterocycles. The van der Waals surface area contributed by atoms with Gasteiger partial charge in [-0.25, -0.2) is 0 Å². The molecular weight excluding hydrogens is 136 g/mol. The van der Waals surface area contributed by atoms with E-state index in [9.17, 15) is 4.79 Å². The first kappa shape index (κ1) is 10.4. The number of rotatable bonds is 4. The van der Waals surface area contributed by atoms with Crippen molar-refractivity contribution in [3.8, 4) is 0 Å². The molecule has 1 atom stereocenters. The third kappa shape index (κ3) is 2.87. The van der Waals surface area contributed by atoms with E-state index in [-0.39, 0.29) is 5.92 Å². The van der Waals surface area contributed by atoms with Gasteiger partial charge in [-0.1, -0.05) is 26.8 Å². The van der Waals surface area contributed by atoms with Crippen molar-refractivity contribution in [2.45, 2.75) is 40.5 Å². The first-order valence-corrected chi connectivity index (χ1v) is 4.36. The number of ketones is 1. The predicted molar refractivity (Wildman–Crippen MR) is 48.5 cm³/mol. The zero-order valence-electron chi connectivity index (χ0n) is 7.98. The molecule has 0 bridgehead atoms. The van der Waals surface area contributed by atoms with Crippen LogP contribution in [0.25, 0.3) is 0 Å². The van der Waals surface area contributed by atoms with Gasteiger partial charge in [0, 0.05) is 5.92 Å². The van der Waals surface area contributed by atoms with Crippen LogP contribution in [0.3, 0.4) is 0 Å². The standard InChI is InChI=1S/C10H18O/c1-5-8(4)10(11)9(6-2)7-3/h6,8H,5,7H2,1-4H3/b9-6-.